The van der Waals surface area contributed by atoms with E-state index in [0.717, 1.165) is 15.6 Å². The molecule has 2 aromatic rings. The third kappa shape index (κ3) is 4.79. The lowest BCUT2D eigenvalue weighted by Gasteiger charge is -2.30. The molecule has 2 aliphatic rings. The van der Waals surface area contributed by atoms with Crippen LogP contribution in [0.1, 0.15) is 39.1 Å². The standard InChI is InChI=1S/C24H21Br2ClN2O4/c1-13-2-4-14(5-3-13)21(30)12-28(22(31)15-6-8-16(27)9-7-15)29-23(32)17-10-19(25)20(26)11-18(17)24(29)33/h2-9,17-20H,10-12H2,1H3/t17-,18-,19-,20+/m1/s1. The fourth-order valence-corrected chi connectivity index (χ4v) is 5.62. The molecule has 33 heavy (non-hydrogen) atoms. The molecular formula is C24H21Br2ClN2O4. The van der Waals surface area contributed by atoms with E-state index in [-0.39, 0.29) is 21.0 Å². The summed E-state index contributed by atoms with van der Waals surface area (Å²) in [6.07, 6.45) is 0.938. The summed E-state index contributed by atoms with van der Waals surface area (Å²) in [4.78, 5) is 53.3. The Hall–Kier alpha value is -2.03. The van der Waals surface area contributed by atoms with Crippen molar-refractivity contribution in [3.05, 3.63) is 70.2 Å². The minimum Gasteiger partial charge on any atom is -0.292 e. The Morgan fingerprint density at radius 2 is 1.39 bits per heavy atom. The molecule has 4 rings (SSSR count). The SMILES string of the molecule is Cc1ccc(C(=O)CN(C(=O)c2ccc(Cl)cc2)N2C(=O)[C@@H]3C[C@@H](Br)[C@@H](Br)C[C@H]3C2=O)cc1. The number of amides is 3. The molecule has 2 fully saturated rings. The highest BCUT2D eigenvalue weighted by molar-refractivity contribution is 9.12. The molecule has 9 heteroatoms. The molecule has 1 aliphatic heterocycles. The molecule has 1 aliphatic carbocycles. The molecule has 172 valence electrons. The summed E-state index contributed by atoms with van der Waals surface area (Å²) in [5.41, 5.74) is 1.61. The van der Waals surface area contributed by atoms with Crippen LogP contribution in [0.5, 0.6) is 0 Å². The Morgan fingerprint density at radius 3 is 1.91 bits per heavy atom. The zero-order valence-electron chi connectivity index (χ0n) is 17.7. The van der Waals surface area contributed by atoms with Crippen molar-refractivity contribution in [2.45, 2.75) is 29.4 Å². The van der Waals surface area contributed by atoms with E-state index < -0.39 is 36.1 Å². The largest absolute Gasteiger partial charge is 0.292 e. The van der Waals surface area contributed by atoms with Crippen molar-refractivity contribution >= 4 is 67.0 Å². The maximum absolute atomic E-state index is 13.5. The van der Waals surface area contributed by atoms with E-state index in [0.29, 0.717) is 23.4 Å². The second kappa shape index (κ2) is 9.68. The van der Waals surface area contributed by atoms with E-state index >= 15 is 0 Å². The predicted octanol–water partition coefficient (Wildman–Crippen LogP) is 4.81. The van der Waals surface area contributed by atoms with E-state index in [2.05, 4.69) is 31.9 Å². The number of halogens is 3. The number of ketones is 1. The molecule has 6 nitrogen and oxygen atoms in total. The van der Waals surface area contributed by atoms with Crippen molar-refractivity contribution < 1.29 is 19.2 Å². The molecule has 0 radical (unpaired) electrons. The summed E-state index contributed by atoms with van der Waals surface area (Å²) in [6, 6.07) is 13.0. The highest BCUT2D eigenvalue weighted by Gasteiger charge is 2.54. The summed E-state index contributed by atoms with van der Waals surface area (Å²) < 4.78 is 0. The maximum atomic E-state index is 13.5. The van der Waals surface area contributed by atoms with Crippen LogP contribution in [0.2, 0.25) is 5.02 Å². The quantitative estimate of drug-likeness (QED) is 0.282. The number of hydrazine groups is 1. The number of carbonyl (C=O) groups is 4. The average molecular weight is 597 g/mol. The first-order valence-corrected chi connectivity index (χ1v) is 12.7. The summed E-state index contributed by atoms with van der Waals surface area (Å²) in [5, 5.41) is 2.32. The molecular weight excluding hydrogens is 576 g/mol. The van der Waals surface area contributed by atoms with Crippen LogP contribution in [0.3, 0.4) is 0 Å². The van der Waals surface area contributed by atoms with Crippen LogP contribution in [-0.2, 0) is 9.59 Å². The van der Waals surface area contributed by atoms with Crippen LogP contribution >= 0.6 is 43.5 Å². The van der Waals surface area contributed by atoms with Gasteiger partial charge in [-0.05, 0) is 44.0 Å². The Kier molecular flexibility index (Phi) is 7.07. The molecule has 0 aromatic heterocycles. The number of hydrogen-bond acceptors (Lipinski definition) is 4. The van der Waals surface area contributed by atoms with Gasteiger partial charge in [-0.1, -0.05) is 73.3 Å². The van der Waals surface area contributed by atoms with Gasteiger partial charge in [-0.2, -0.15) is 5.01 Å². The molecule has 0 bridgehead atoms. The van der Waals surface area contributed by atoms with Crippen molar-refractivity contribution in [3.8, 4) is 0 Å². The Bertz CT molecular complexity index is 1080. The average Bonchev–Trinajstić information content (AvgIpc) is 3.02. The summed E-state index contributed by atoms with van der Waals surface area (Å²) in [7, 11) is 0. The topological polar surface area (TPSA) is 74.8 Å². The van der Waals surface area contributed by atoms with Gasteiger partial charge in [0.1, 0.15) is 6.54 Å². The van der Waals surface area contributed by atoms with Crippen LogP contribution < -0.4 is 0 Å². The first-order chi connectivity index (χ1) is 15.7. The maximum Gasteiger partial charge on any atom is 0.273 e. The summed E-state index contributed by atoms with van der Waals surface area (Å²) in [6.45, 7) is 1.47. The van der Waals surface area contributed by atoms with Gasteiger partial charge >= 0.3 is 0 Å². The Labute approximate surface area is 213 Å². The van der Waals surface area contributed by atoms with Gasteiger partial charge in [-0.15, -0.1) is 0 Å². The number of aryl methyl sites for hydroxylation is 1. The fourth-order valence-electron chi connectivity index (χ4n) is 4.26. The minimum atomic E-state index is -0.613. The molecule has 0 spiro atoms. The summed E-state index contributed by atoms with van der Waals surface area (Å²) in [5.74, 6) is -2.96. The van der Waals surface area contributed by atoms with Crippen LogP contribution in [0.4, 0.5) is 0 Å². The van der Waals surface area contributed by atoms with Gasteiger partial charge < -0.3 is 0 Å². The van der Waals surface area contributed by atoms with Crippen molar-refractivity contribution in [2.24, 2.45) is 11.8 Å². The normalized spacial score (nSPS) is 24.5. The second-order valence-electron chi connectivity index (χ2n) is 8.36. The van der Waals surface area contributed by atoms with Gasteiger partial charge in [0.2, 0.25) is 0 Å². The summed E-state index contributed by atoms with van der Waals surface area (Å²) >= 11 is 13.1. The molecule has 3 amide bonds. The van der Waals surface area contributed by atoms with Gasteiger partial charge in [-0.3, -0.25) is 19.2 Å². The number of Topliss-reactive ketones (excluding diaryl/α,β-unsaturated/α-hetero) is 1. The number of hydrogen-bond donors (Lipinski definition) is 0. The van der Waals surface area contributed by atoms with Crippen molar-refractivity contribution in [3.63, 3.8) is 0 Å². The fraction of sp³-hybridized carbons (Fsp3) is 0.333. The molecule has 0 unspecified atom stereocenters. The van der Waals surface area contributed by atoms with Crippen LogP contribution in [0, 0.1) is 18.8 Å². The van der Waals surface area contributed by atoms with Gasteiger partial charge in [0.15, 0.2) is 5.78 Å². The molecule has 1 heterocycles. The number of alkyl halides is 2. The number of benzene rings is 2. The van der Waals surface area contributed by atoms with Crippen molar-refractivity contribution in [1.29, 1.82) is 0 Å². The first kappa shape index (κ1) is 24.1. The number of imide groups is 1. The number of nitrogens with zero attached hydrogens (tertiary/aromatic N) is 2. The number of carbonyl (C=O) groups excluding carboxylic acids is 4. The lowest BCUT2D eigenvalue weighted by atomic mass is 9.81. The third-order valence-corrected chi connectivity index (χ3v) is 9.11. The van der Waals surface area contributed by atoms with Gasteiger partial charge in [0, 0.05) is 25.8 Å². The van der Waals surface area contributed by atoms with E-state index in [1.54, 1.807) is 36.4 Å². The van der Waals surface area contributed by atoms with Crippen LogP contribution in [-0.4, -0.2) is 49.7 Å². The predicted molar refractivity (Wildman–Crippen MR) is 131 cm³/mol. The third-order valence-electron chi connectivity index (χ3n) is 6.12. The lowest BCUT2D eigenvalue weighted by molar-refractivity contribution is -0.154. The molecule has 4 atom stereocenters. The van der Waals surface area contributed by atoms with E-state index in [1.165, 1.54) is 12.1 Å². The van der Waals surface area contributed by atoms with Gasteiger partial charge in [0.25, 0.3) is 17.7 Å². The number of rotatable bonds is 5. The van der Waals surface area contributed by atoms with Crippen molar-refractivity contribution in [1.82, 2.24) is 10.0 Å². The number of fused-ring (bicyclic) bond motifs is 1. The zero-order chi connectivity index (χ0) is 23.9. The van der Waals surface area contributed by atoms with Gasteiger partial charge in [-0.25, -0.2) is 5.01 Å². The second-order valence-corrected chi connectivity index (χ2v) is 11.2. The molecule has 1 saturated heterocycles. The van der Waals surface area contributed by atoms with Gasteiger partial charge in [0.05, 0.1) is 11.8 Å². The highest BCUT2D eigenvalue weighted by atomic mass is 79.9. The first-order valence-electron chi connectivity index (χ1n) is 10.5. The van der Waals surface area contributed by atoms with E-state index in [9.17, 15) is 19.2 Å². The monoisotopic (exact) mass is 594 g/mol. The van der Waals surface area contributed by atoms with E-state index in [4.69, 9.17) is 11.6 Å². The Balaban J connectivity index is 1.69. The minimum absolute atomic E-state index is 0.0325. The zero-order valence-corrected chi connectivity index (χ0v) is 21.6. The van der Waals surface area contributed by atoms with Crippen molar-refractivity contribution in [2.75, 3.05) is 6.54 Å². The van der Waals surface area contributed by atoms with E-state index in [1.807, 2.05) is 6.92 Å². The molecule has 2 aromatic carbocycles. The van der Waals surface area contributed by atoms with Crippen LogP contribution in [0.15, 0.2) is 48.5 Å². The van der Waals surface area contributed by atoms with Crippen LogP contribution in [0.25, 0.3) is 0 Å². The Morgan fingerprint density at radius 1 is 0.909 bits per heavy atom. The molecule has 0 N–H and O–H groups in total. The molecule has 1 saturated carbocycles. The highest BCUT2D eigenvalue weighted by Crippen LogP contribution is 2.43. The lowest BCUT2D eigenvalue weighted by Crippen LogP contribution is -2.52. The smallest absolute Gasteiger partial charge is 0.273 e.